The number of hydrogen-bond acceptors (Lipinski definition) is 4. The SMILES string of the molecule is N=C/C(=C\NCC1CCC1)c1ccc(N)c(N)c1F. The van der Waals surface area contributed by atoms with E-state index in [1.165, 1.54) is 19.3 Å². The van der Waals surface area contributed by atoms with Crippen LogP contribution in [0.1, 0.15) is 24.8 Å². The van der Waals surface area contributed by atoms with Gasteiger partial charge in [-0.3, -0.25) is 0 Å². The Morgan fingerprint density at radius 2 is 2.16 bits per heavy atom. The number of benzene rings is 1. The summed E-state index contributed by atoms with van der Waals surface area (Å²) in [4.78, 5) is 0. The van der Waals surface area contributed by atoms with E-state index in [-0.39, 0.29) is 11.4 Å². The van der Waals surface area contributed by atoms with Crippen LogP contribution in [0.5, 0.6) is 0 Å². The lowest BCUT2D eigenvalue weighted by Crippen LogP contribution is -2.24. The number of halogens is 1. The predicted octanol–water partition coefficient (Wildman–Crippen LogP) is 2.37. The highest BCUT2D eigenvalue weighted by Gasteiger charge is 2.16. The predicted molar refractivity (Wildman–Crippen MR) is 77.3 cm³/mol. The maximum absolute atomic E-state index is 14.0. The van der Waals surface area contributed by atoms with E-state index in [1.807, 2.05) is 0 Å². The molecule has 0 heterocycles. The molecule has 0 radical (unpaired) electrons. The number of anilines is 2. The van der Waals surface area contributed by atoms with Crippen LogP contribution >= 0.6 is 0 Å². The Balaban J connectivity index is 2.14. The molecular weight excluding hydrogens is 243 g/mol. The van der Waals surface area contributed by atoms with Gasteiger partial charge >= 0.3 is 0 Å². The van der Waals surface area contributed by atoms with Gasteiger partial charge in [-0.2, -0.15) is 0 Å². The number of rotatable bonds is 5. The fraction of sp³-hybridized carbons (Fsp3) is 0.357. The second-order valence-electron chi connectivity index (χ2n) is 4.88. The first kappa shape index (κ1) is 13.4. The number of nitrogen functional groups attached to an aromatic ring is 2. The minimum Gasteiger partial charge on any atom is -0.397 e. The third kappa shape index (κ3) is 2.86. The van der Waals surface area contributed by atoms with E-state index >= 15 is 0 Å². The number of hydrogen-bond donors (Lipinski definition) is 4. The molecule has 1 aliphatic rings. The highest BCUT2D eigenvalue weighted by Crippen LogP contribution is 2.27. The average Bonchev–Trinajstić information content (AvgIpc) is 2.35. The van der Waals surface area contributed by atoms with Crippen LogP contribution in [0.25, 0.3) is 5.57 Å². The zero-order valence-electron chi connectivity index (χ0n) is 10.7. The molecule has 0 bridgehead atoms. The first-order valence-corrected chi connectivity index (χ1v) is 6.41. The van der Waals surface area contributed by atoms with Crippen molar-refractivity contribution in [3.8, 4) is 0 Å². The van der Waals surface area contributed by atoms with Crippen LogP contribution in [0.3, 0.4) is 0 Å². The fourth-order valence-electron chi connectivity index (χ4n) is 2.06. The molecular formula is C14H19FN4. The van der Waals surface area contributed by atoms with Gasteiger partial charge in [0.2, 0.25) is 0 Å². The van der Waals surface area contributed by atoms with Gasteiger partial charge in [0.15, 0.2) is 5.82 Å². The smallest absolute Gasteiger partial charge is 0.156 e. The topological polar surface area (TPSA) is 87.9 Å². The number of allylic oxidation sites excluding steroid dienone is 1. The molecule has 0 amide bonds. The second-order valence-corrected chi connectivity index (χ2v) is 4.88. The molecule has 0 aliphatic heterocycles. The molecule has 0 saturated heterocycles. The highest BCUT2D eigenvalue weighted by molar-refractivity contribution is 6.08. The zero-order chi connectivity index (χ0) is 13.8. The maximum atomic E-state index is 14.0. The Morgan fingerprint density at radius 3 is 2.74 bits per heavy atom. The van der Waals surface area contributed by atoms with Gasteiger partial charge in [-0.25, -0.2) is 4.39 Å². The molecule has 0 unspecified atom stereocenters. The molecule has 1 aromatic rings. The minimum absolute atomic E-state index is 0.0655. The average molecular weight is 262 g/mol. The Hall–Kier alpha value is -2.04. The van der Waals surface area contributed by atoms with Gasteiger partial charge in [-0.05, 0) is 30.9 Å². The van der Waals surface area contributed by atoms with Crippen molar-refractivity contribution in [2.24, 2.45) is 5.92 Å². The summed E-state index contributed by atoms with van der Waals surface area (Å²) in [6, 6.07) is 3.10. The summed E-state index contributed by atoms with van der Waals surface area (Å²) >= 11 is 0. The van der Waals surface area contributed by atoms with E-state index in [9.17, 15) is 4.39 Å². The van der Waals surface area contributed by atoms with Crippen molar-refractivity contribution in [2.75, 3.05) is 18.0 Å². The van der Waals surface area contributed by atoms with Gasteiger partial charge < -0.3 is 22.2 Å². The van der Waals surface area contributed by atoms with Gasteiger partial charge in [-0.15, -0.1) is 0 Å². The number of nitrogens with one attached hydrogen (secondary N) is 2. The number of nitrogens with two attached hydrogens (primary N) is 2. The Bertz CT molecular complexity index is 506. The molecule has 1 fully saturated rings. The van der Waals surface area contributed by atoms with Crippen molar-refractivity contribution < 1.29 is 4.39 Å². The molecule has 102 valence electrons. The second kappa shape index (κ2) is 5.73. The molecule has 0 atom stereocenters. The molecule has 0 spiro atoms. The largest absolute Gasteiger partial charge is 0.397 e. The summed E-state index contributed by atoms with van der Waals surface area (Å²) in [7, 11) is 0. The van der Waals surface area contributed by atoms with Crippen LogP contribution < -0.4 is 16.8 Å². The fourth-order valence-corrected chi connectivity index (χ4v) is 2.06. The summed E-state index contributed by atoms with van der Waals surface area (Å²) in [6.45, 7) is 0.864. The molecule has 1 aliphatic carbocycles. The van der Waals surface area contributed by atoms with Crippen molar-refractivity contribution >= 4 is 23.2 Å². The molecule has 4 nitrogen and oxygen atoms in total. The molecule has 2 rings (SSSR count). The molecule has 1 aromatic carbocycles. The molecule has 0 aromatic heterocycles. The lowest BCUT2D eigenvalue weighted by Gasteiger charge is -2.25. The van der Waals surface area contributed by atoms with Crippen LogP contribution in [0.2, 0.25) is 0 Å². The third-order valence-electron chi connectivity index (χ3n) is 3.57. The normalized spacial score (nSPS) is 15.9. The quantitative estimate of drug-likeness (QED) is 0.485. The summed E-state index contributed by atoms with van der Waals surface area (Å²) in [5.74, 6) is 0.129. The summed E-state index contributed by atoms with van der Waals surface area (Å²) < 4.78 is 14.0. The van der Waals surface area contributed by atoms with Gasteiger partial charge in [0, 0.05) is 30.1 Å². The van der Waals surface area contributed by atoms with Gasteiger partial charge in [0.1, 0.15) is 0 Å². The van der Waals surface area contributed by atoms with Gasteiger partial charge in [0.25, 0.3) is 0 Å². The summed E-state index contributed by atoms with van der Waals surface area (Å²) in [5, 5.41) is 10.5. The molecule has 5 heteroatoms. The van der Waals surface area contributed by atoms with Crippen molar-refractivity contribution in [1.82, 2.24) is 5.32 Å². The molecule has 1 saturated carbocycles. The van der Waals surface area contributed by atoms with Crippen LogP contribution in [0, 0.1) is 17.1 Å². The van der Waals surface area contributed by atoms with E-state index in [4.69, 9.17) is 16.9 Å². The Kier molecular flexibility index (Phi) is 4.04. The van der Waals surface area contributed by atoms with E-state index in [0.717, 1.165) is 12.8 Å². The van der Waals surface area contributed by atoms with E-state index in [1.54, 1.807) is 18.3 Å². The van der Waals surface area contributed by atoms with Crippen molar-refractivity contribution in [3.05, 3.63) is 29.7 Å². The lowest BCUT2D eigenvalue weighted by atomic mass is 9.85. The monoisotopic (exact) mass is 262 g/mol. The molecule has 19 heavy (non-hydrogen) atoms. The maximum Gasteiger partial charge on any atom is 0.156 e. The third-order valence-corrected chi connectivity index (χ3v) is 3.57. The standard InChI is InChI=1S/C14H19FN4/c15-13-11(4-5-12(17)14(13)18)10(6-16)8-19-7-9-2-1-3-9/h4-6,8-9,16,19H,1-3,7,17-18H2/b10-8+,16-6?. The van der Waals surface area contributed by atoms with Crippen molar-refractivity contribution in [3.63, 3.8) is 0 Å². The zero-order valence-corrected chi connectivity index (χ0v) is 10.7. The first-order chi connectivity index (χ1) is 9.13. The molecule has 6 N–H and O–H groups in total. The van der Waals surface area contributed by atoms with Crippen LogP contribution in [0.4, 0.5) is 15.8 Å². The van der Waals surface area contributed by atoms with Crippen molar-refractivity contribution in [2.45, 2.75) is 19.3 Å². The first-order valence-electron chi connectivity index (χ1n) is 6.41. The summed E-state index contributed by atoms with van der Waals surface area (Å²) in [6.07, 6.45) is 6.55. The van der Waals surface area contributed by atoms with Crippen LogP contribution in [0.15, 0.2) is 18.3 Å². The lowest BCUT2D eigenvalue weighted by molar-refractivity contribution is 0.312. The Morgan fingerprint density at radius 1 is 1.42 bits per heavy atom. The van der Waals surface area contributed by atoms with Crippen LogP contribution in [-0.2, 0) is 0 Å². The summed E-state index contributed by atoms with van der Waals surface area (Å²) in [5.41, 5.74) is 12.0. The van der Waals surface area contributed by atoms with Crippen LogP contribution in [-0.4, -0.2) is 12.8 Å². The van der Waals surface area contributed by atoms with Gasteiger partial charge in [-0.1, -0.05) is 6.42 Å². The van der Waals surface area contributed by atoms with E-state index in [2.05, 4.69) is 5.32 Å². The van der Waals surface area contributed by atoms with Crippen molar-refractivity contribution in [1.29, 1.82) is 5.41 Å². The highest BCUT2D eigenvalue weighted by atomic mass is 19.1. The van der Waals surface area contributed by atoms with E-state index in [0.29, 0.717) is 17.1 Å². The Labute approximate surface area is 112 Å². The van der Waals surface area contributed by atoms with E-state index < -0.39 is 5.82 Å². The minimum atomic E-state index is -0.569. The van der Waals surface area contributed by atoms with Gasteiger partial charge in [0.05, 0.1) is 11.4 Å².